The first kappa shape index (κ1) is 37.2. The Labute approximate surface area is 242 Å². The van der Waals surface area contributed by atoms with Gasteiger partial charge in [-0.3, -0.25) is 19.2 Å². The Bertz CT molecular complexity index is 1010. The van der Waals surface area contributed by atoms with E-state index in [1.807, 2.05) is 0 Å². The molecule has 11 nitrogen and oxygen atoms in total. The van der Waals surface area contributed by atoms with Gasteiger partial charge in [-0.25, -0.2) is 0 Å². The highest BCUT2D eigenvalue weighted by atomic mass is 16.5. The van der Waals surface area contributed by atoms with E-state index in [0.29, 0.717) is 30.3 Å². The fourth-order valence-corrected chi connectivity index (χ4v) is 3.53. The minimum Gasteiger partial charge on any atom is -0.497 e. The van der Waals surface area contributed by atoms with Crippen molar-refractivity contribution in [3.63, 3.8) is 0 Å². The molecule has 3 rings (SSSR count). The van der Waals surface area contributed by atoms with Crippen molar-refractivity contribution >= 4 is 29.8 Å². The molecule has 41 heavy (non-hydrogen) atoms. The molecule has 228 valence electrons. The van der Waals surface area contributed by atoms with Gasteiger partial charge < -0.3 is 37.5 Å². The van der Waals surface area contributed by atoms with E-state index in [1.165, 1.54) is 39.0 Å². The van der Waals surface area contributed by atoms with Crippen LogP contribution in [0.25, 0.3) is 0 Å². The maximum Gasteiger partial charge on any atom is 0.320 e. The molecule has 0 bridgehead atoms. The Hall–Kier alpha value is -3.80. The molecular weight excluding hydrogens is 528 g/mol. The van der Waals surface area contributed by atoms with Crippen molar-refractivity contribution < 1.29 is 34.1 Å². The lowest BCUT2D eigenvalue weighted by atomic mass is 9.97. The van der Waals surface area contributed by atoms with Crippen LogP contribution in [0.5, 0.6) is 5.75 Å². The summed E-state index contributed by atoms with van der Waals surface area (Å²) >= 11 is 0. The number of hydrogen-bond acceptors (Lipinski definition) is 8. The summed E-state index contributed by atoms with van der Waals surface area (Å²) in [6.45, 7) is 2.04. The molecule has 9 N–H and O–H groups in total. The molecule has 0 heterocycles. The van der Waals surface area contributed by atoms with E-state index in [-0.39, 0.29) is 12.3 Å². The highest BCUT2D eigenvalue weighted by Crippen LogP contribution is 2.15. The Kier molecular flexibility index (Phi) is 20.8. The summed E-state index contributed by atoms with van der Waals surface area (Å²) in [7, 11) is 1.58. The first-order valence-corrected chi connectivity index (χ1v) is 13.6. The van der Waals surface area contributed by atoms with Crippen LogP contribution in [0, 0.1) is 0 Å². The molecule has 1 aliphatic carbocycles. The van der Waals surface area contributed by atoms with E-state index in [2.05, 4.69) is 5.32 Å². The lowest BCUT2D eigenvalue weighted by Crippen LogP contribution is -2.29. The smallest absolute Gasteiger partial charge is 0.320 e. The van der Waals surface area contributed by atoms with Gasteiger partial charge in [0.1, 0.15) is 18.1 Å². The number of unbranched alkanes of at least 4 members (excludes halogenated alkanes) is 1. The number of nitrogens with one attached hydrogen (secondary N) is 1. The molecule has 1 amide bonds. The van der Waals surface area contributed by atoms with Gasteiger partial charge in [0, 0.05) is 24.2 Å². The molecule has 0 unspecified atom stereocenters. The van der Waals surface area contributed by atoms with Gasteiger partial charge >= 0.3 is 11.9 Å². The second-order valence-electron chi connectivity index (χ2n) is 9.47. The molecule has 0 aliphatic heterocycles. The van der Waals surface area contributed by atoms with Crippen LogP contribution in [-0.2, 0) is 20.8 Å². The standard InChI is InChI=1S/C9H9NO2.C9H10O3.C6H14N2O2.C6H13N/c1-7(12)10-9-4-2-8(6-11)3-5-9;1-12-8-4-2-7(3-5-8)6-9(10)11;7-4-2-1-3-5(8)6(9)10;7-6-4-2-1-3-5-6/h2-6H,1H3,(H,10,12);2-5H,6H2,1H3,(H,10,11);5H,1-4,7-8H2,(H,9,10);6H,1-5,7H2/t;;5-;/m..0./s1. The highest BCUT2D eigenvalue weighted by molar-refractivity contribution is 5.89. The number of carboxylic acid groups (broad SMARTS) is 2. The van der Waals surface area contributed by atoms with Crippen LogP contribution in [0.2, 0.25) is 0 Å². The second kappa shape index (κ2) is 23.0. The zero-order valence-corrected chi connectivity index (χ0v) is 24.1. The third kappa shape index (κ3) is 20.7. The summed E-state index contributed by atoms with van der Waals surface area (Å²) in [5.74, 6) is -1.13. The number of aldehydes is 1. The van der Waals surface area contributed by atoms with Crippen molar-refractivity contribution in [1.29, 1.82) is 0 Å². The molecule has 1 saturated carbocycles. The average molecular weight is 575 g/mol. The van der Waals surface area contributed by atoms with Crippen LogP contribution in [-0.4, -0.2) is 60.1 Å². The molecule has 0 saturated heterocycles. The Morgan fingerprint density at radius 3 is 1.98 bits per heavy atom. The quantitative estimate of drug-likeness (QED) is 0.179. The van der Waals surface area contributed by atoms with E-state index >= 15 is 0 Å². The number of carbonyl (C=O) groups excluding carboxylic acids is 2. The number of amides is 1. The van der Waals surface area contributed by atoms with Gasteiger partial charge in [-0.05, 0) is 74.2 Å². The average Bonchev–Trinajstić information content (AvgIpc) is 2.95. The van der Waals surface area contributed by atoms with Crippen LogP contribution in [0.1, 0.15) is 74.2 Å². The largest absolute Gasteiger partial charge is 0.497 e. The predicted molar refractivity (Wildman–Crippen MR) is 160 cm³/mol. The van der Waals surface area contributed by atoms with Crippen molar-refractivity contribution in [2.75, 3.05) is 19.0 Å². The summed E-state index contributed by atoms with van der Waals surface area (Å²) in [4.78, 5) is 41.3. The van der Waals surface area contributed by atoms with E-state index in [0.717, 1.165) is 30.4 Å². The van der Waals surface area contributed by atoms with Gasteiger partial charge in [0.2, 0.25) is 5.91 Å². The number of carbonyl (C=O) groups is 4. The van der Waals surface area contributed by atoms with Gasteiger partial charge in [-0.15, -0.1) is 0 Å². The number of rotatable bonds is 10. The Balaban J connectivity index is 0.000000530. The molecule has 2 aromatic rings. The number of benzene rings is 2. The molecule has 1 fully saturated rings. The van der Waals surface area contributed by atoms with Gasteiger partial charge in [0.25, 0.3) is 0 Å². The number of ether oxygens (including phenoxy) is 1. The molecule has 0 spiro atoms. The van der Waals surface area contributed by atoms with Crippen molar-refractivity contribution in [1.82, 2.24) is 0 Å². The summed E-state index contributed by atoms with van der Waals surface area (Å²) in [6, 6.07) is 13.5. The number of methoxy groups -OCH3 is 1. The molecule has 1 aliphatic rings. The zero-order valence-electron chi connectivity index (χ0n) is 24.1. The third-order valence-electron chi connectivity index (χ3n) is 5.82. The fraction of sp³-hybridized carbons (Fsp3) is 0.467. The van der Waals surface area contributed by atoms with E-state index in [4.69, 9.17) is 32.2 Å². The van der Waals surface area contributed by atoms with Gasteiger partial charge in [-0.1, -0.05) is 37.8 Å². The van der Waals surface area contributed by atoms with E-state index in [1.54, 1.807) is 55.6 Å². The highest BCUT2D eigenvalue weighted by Gasteiger charge is 2.09. The minimum absolute atomic E-state index is 0.0595. The minimum atomic E-state index is -0.933. The topological polar surface area (TPSA) is 208 Å². The van der Waals surface area contributed by atoms with Gasteiger partial charge in [0.05, 0.1) is 13.5 Å². The summed E-state index contributed by atoms with van der Waals surface area (Å²) in [6.07, 6.45) is 9.65. The van der Waals surface area contributed by atoms with Crippen LogP contribution >= 0.6 is 0 Å². The number of hydrogen-bond donors (Lipinski definition) is 6. The van der Waals surface area contributed by atoms with Crippen LogP contribution in [0.3, 0.4) is 0 Å². The van der Waals surface area contributed by atoms with Gasteiger partial charge in [-0.2, -0.15) is 0 Å². The molecule has 2 aromatic carbocycles. The summed E-state index contributed by atoms with van der Waals surface area (Å²) in [5.41, 5.74) is 18.1. The SMILES string of the molecule is CC(=O)Nc1ccc(C=O)cc1.COc1ccc(CC(=O)O)cc1.NC1CCCCC1.NCCCC[C@H](N)C(=O)O. The first-order valence-electron chi connectivity index (χ1n) is 13.6. The predicted octanol–water partition coefficient (Wildman–Crippen LogP) is 3.58. The van der Waals surface area contributed by atoms with E-state index < -0.39 is 18.0 Å². The van der Waals surface area contributed by atoms with E-state index in [9.17, 15) is 19.2 Å². The van der Waals surface area contributed by atoms with Gasteiger partial charge in [0.15, 0.2) is 0 Å². The zero-order chi connectivity index (χ0) is 31.0. The maximum atomic E-state index is 10.6. The normalized spacial score (nSPS) is 12.9. The van der Waals surface area contributed by atoms with Crippen LogP contribution in [0.4, 0.5) is 5.69 Å². The van der Waals surface area contributed by atoms with Crippen LogP contribution < -0.4 is 27.3 Å². The summed E-state index contributed by atoms with van der Waals surface area (Å²) in [5, 5.41) is 19.4. The van der Waals surface area contributed by atoms with Crippen LogP contribution in [0.15, 0.2) is 48.5 Å². The fourth-order valence-electron chi connectivity index (χ4n) is 3.53. The first-order chi connectivity index (χ1) is 19.5. The lowest BCUT2D eigenvalue weighted by molar-refractivity contribution is -0.139. The molecule has 0 radical (unpaired) electrons. The monoisotopic (exact) mass is 574 g/mol. The number of aliphatic carboxylic acids is 2. The van der Waals surface area contributed by atoms with Crippen molar-refractivity contribution in [2.45, 2.75) is 76.8 Å². The molecular formula is C30H46N4O7. The Morgan fingerprint density at radius 2 is 1.59 bits per heavy atom. The molecule has 1 atom stereocenters. The maximum absolute atomic E-state index is 10.6. The third-order valence-corrected chi connectivity index (χ3v) is 5.82. The second-order valence-corrected chi connectivity index (χ2v) is 9.47. The Morgan fingerprint density at radius 1 is 1.00 bits per heavy atom. The summed E-state index contributed by atoms with van der Waals surface area (Å²) < 4.78 is 4.93. The lowest BCUT2D eigenvalue weighted by Gasteiger charge is -2.15. The number of anilines is 1. The number of carboxylic acids is 2. The van der Waals surface area contributed by atoms with Crippen molar-refractivity contribution in [3.8, 4) is 5.75 Å². The molecule has 0 aromatic heterocycles. The number of nitrogens with two attached hydrogens (primary N) is 3. The van der Waals surface area contributed by atoms with Crippen molar-refractivity contribution in [3.05, 3.63) is 59.7 Å². The molecule has 11 heteroatoms. The van der Waals surface area contributed by atoms with Crippen molar-refractivity contribution in [2.24, 2.45) is 17.2 Å².